The highest BCUT2D eigenvalue weighted by atomic mass is 32.2. The minimum absolute atomic E-state index is 0.0254. The van der Waals surface area contributed by atoms with Gasteiger partial charge in [-0.3, -0.25) is 4.79 Å². The third-order valence-corrected chi connectivity index (χ3v) is 4.12. The lowest BCUT2D eigenvalue weighted by Gasteiger charge is -2.17. The van der Waals surface area contributed by atoms with Gasteiger partial charge < -0.3 is 20.7 Å². The zero-order valence-electron chi connectivity index (χ0n) is 13.0. The molecule has 0 unspecified atom stereocenters. The van der Waals surface area contributed by atoms with Crippen LogP contribution in [0.2, 0.25) is 0 Å². The summed E-state index contributed by atoms with van der Waals surface area (Å²) in [6.45, 7) is 7.40. The Bertz CT molecular complexity index is 451. The molecule has 0 aliphatic carbocycles. The number of thioether (sulfide) groups is 1. The van der Waals surface area contributed by atoms with E-state index in [2.05, 4.69) is 24.1 Å². The van der Waals surface area contributed by atoms with Crippen LogP contribution in [0.3, 0.4) is 0 Å². The fourth-order valence-electron chi connectivity index (χ4n) is 1.90. The van der Waals surface area contributed by atoms with Crippen molar-refractivity contribution in [2.24, 2.45) is 0 Å². The summed E-state index contributed by atoms with van der Waals surface area (Å²) >= 11 is 1.64. The number of nitrogens with two attached hydrogens (primary N) is 1. The van der Waals surface area contributed by atoms with E-state index < -0.39 is 0 Å². The molecule has 0 saturated heterocycles. The van der Waals surface area contributed by atoms with Gasteiger partial charge in [-0.25, -0.2) is 0 Å². The van der Waals surface area contributed by atoms with Crippen LogP contribution in [0.1, 0.15) is 13.8 Å². The van der Waals surface area contributed by atoms with Crippen molar-refractivity contribution in [3.63, 3.8) is 0 Å². The van der Waals surface area contributed by atoms with Crippen molar-refractivity contribution >= 4 is 29.0 Å². The van der Waals surface area contributed by atoms with Gasteiger partial charge in [-0.15, -0.1) is 0 Å². The van der Waals surface area contributed by atoms with Crippen LogP contribution in [0.4, 0.5) is 11.4 Å². The number of nitrogen functional groups attached to an aromatic ring is 1. The molecule has 21 heavy (non-hydrogen) atoms. The number of nitrogens with one attached hydrogen (secondary N) is 1. The lowest BCUT2D eigenvalue weighted by atomic mass is 10.2. The van der Waals surface area contributed by atoms with Crippen molar-refractivity contribution in [2.75, 3.05) is 49.3 Å². The molecule has 1 aromatic carbocycles. The maximum absolute atomic E-state index is 11.9. The molecule has 0 atom stereocenters. The Kier molecular flexibility index (Phi) is 8.00. The van der Waals surface area contributed by atoms with Gasteiger partial charge in [0.25, 0.3) is 0 Å². The average molecular weight is 311 g/mol. The summed E-state index contributed by atoms with van der Waals surface area (Å²) < 4.78 is 5.21. The summed E-state index contributed by atoms with van der Waals surface area (Å²) in [7, 11) is 1.56. The second kappa shape index (κ2) is 9.52. The van der Waals surface area contributed by atoms with Crippen LogP contribution in [-0.2, 0) is 4.79 Å². The Balaban J connectivity index is 2.37. The van der Waals surface area contributed by atoms with E-state index >= 15 is 0 Å². The van der Waals surface area contributed by atoms with Gasteiger partial charge in [-0.2, -0.15) is 11.8 Å². The summed E-state index contributed by atoms with van der Waals surface area (Å²) in [5.41, 5.74) is 6.95. The zero-order valence-corrected chi connectivity index (χ0v) is 13.8. The van der Waals surface area contributed by atoms with E-state index in [-0.39, 0.29) is 5.91 Å². The maximum Gasteiger partial charge on any atom is 0.234 e. The number of carbonyl (C=O) groups excluding carboxylic acids is 1. The van der Waals surface area contributed by atoms with E-state index in [1.54, 1.807) is 37.1 Å². The van der Waals surface area contributed by atoms with Crippen LogP contribution in [0.5, 0.6) is 5.75 Å². The van der Waals surface area contributed by atoms with E-state index in [0.29, 0.717) is 22.9 Å². The average Bonchev–Trinajstić information content (AvgIpc) is 2.49. The summed E-state index contributed by atoms with van der Waals surface area (Å²) in [4.78, 5) is 14.3. The molecule has 0 bridgehead atoms. The quantitative estimate of drug-likeness (QED) is 0.541. The maximum atomic E-state index is 11.9. The molecule has 1 amide bonds. The lowest BCUT2D eigenvalue weighted by Crippen LogP contribution is -2.26. The van der Waals surface area contributed by atoms with Crippen molar-refractivity contribution in [3.8, 4) is 5.75 Å². The largest absolute Gasteiger partial charge is 0.494 e. The lowest BCUT2D eigenvalue weighted by molar-refractivity contribution is -0.113. The minimum Gasteiger partial charge on any atom is -0.494 e. The monoisotopic (exact) mass is 311 g/mol. The van der Waals surface area contributed by atoms with Crippen molar-refractivity contribution < 1.29 is 9.53 Å². The van der Waals surface area contributed by atoms with Gasteiger partial charge in [0.05, 0.1) is 18.6 Å². The van der Waals surface area contributed by atoms with Crippen molar-refractivity contribution in [1.82, 2.24) is 4.90 Å². The SMILES string of the molecule is CCN(CC)CCSCC(=O)Nc1ccc(N)cc1OC. The molecule has 3 N–H and O–H groups in total. The van der Waals surface area contributed by atoms with Crippen LogP contribution >= 0.6 is 11.8 Å². The third-order valence-electron chi connectivity index (χ3n) is 3.18. The number of rotatable bonds is 9. The number of nitrogens with zero attached hydrogens (tertiary/aromatic N) is 1. The molecule has 0 aromatic heterocycles. The summed E-state index contributed by atoms with van der Waals surface area (Å²) in [6, 6.07) is 5.20. The van der Waals surface area contributed by atoms with Crippen molar-refractivity contribution in [2.45, 2.75) is 13.8 Å². The molecule has 0 heterocycles. The molecule has 5 nitrogen and oxygen atoms in total. The van der Waals surface area contributed by atoms with Crippen molar-refractivity contribution in [3.05, 3.63) is 18.2 Å². The second-order valence-electron chi connectivity index (χ2n) is 4.59. The highest BCUT2D eigenvalue weighted by molar-refractivity contribution is 7.99. The minimum atomic E-state index is -0.0254. The predicted octanol–water partition coefficient (Wildman–Crippen LogP) is 2.29. The summed E-state index contributed by atoms with van der Waals surface area (Å²) in [5, 5.41) is 2.85. The van der Waals surface area contributed by atoms with Gasteiger partial charge in [0.15, 0.2) is 0 Å². The van der Waals surface area contributed by atoms with Gasteiger partial charge in [-0.05, 0) is 25.2 Å². The van der Waals surface area contributed by atoms with Crippen molar-refractivity contribution in [1.29, 1.82) is 0 Å². The van der Waals surface area contributed by atoms with Gasteiger partial charge in [0, 0.05) is 24.1 Å². The molecule has 0 radical (unpaired) electrons. The zero-order chi connectivity index (χ0) is 15.7. The highest BCUT2D eigenvalue weighted by Crippen LogP contribution is 2.26. The van der Waals surface area contributed by atoms with E-state index in [1.165, 1.54) is 0 Å². The number of benzene rings is 1. The molecule has 6 heteroatoms. The first-order valence-corrected chi connectivity index (χ1v) is 8.29. The topological polar surface area (TPSA) is 67.6 Å². The number of hydrogen-bond donors (Lipinski definition) is 2. The molecule has 1 aromatic rings. The third kappa shape index (κ3) is 6.27. The van der Waals surface area contributed by atoms with E-state index in [1.807, 2.05) is 0 Å². The highest BCUT2D eigenvalue weighted by Gasteiger charge is 2.08. The van der Waals surface area contributed by atoms with Crippen LogP contribution in [-0.4, -0.2) is 49.1 Å². The Morgan fingerprint density at radius 3 is 2.71 bits per heavy atom. The standard InChI is InChI=1S/C15H25N3O2S/c1-4-18(5-2)8-9-21-11-15(19)17-13-7-6-12(16)10-14(13)20-3/h6-7,10H,4-5,8-9,11,16H2,1-3H3,(H,17,19). The normalized spacial score (nSPS) is 10.7. The Hall–Kier alpha value is -1.40. The summed E-state index contributed by atoms with van der Waals surface area (Å²) in [6.07, 6.45) is 0. The number of ether oxygens (including phenoxy) is 1. The number of hydrogen-bond acceptors (Lipinski definition) is 5. The molecule has 0 fully saturated rings. The molecular formula is C15H25N3O2S. The van der Waals surface area contributed by atoms with Gasteiger partial charge >= 0.3 is 0 Å². The number of methoxy groups -OCH3 is 1. The van der Waals surface area contributed by atoms with Gasteiger partial charge in [0.1, 0.15) is 5.75 Å². The Morgan fingerprint density at radius 2 is 2.10 bits per heavy atom. The number of anilines is 2. The first-order chi connectivity index (χ1) is 10.1. The predicted molar refractivity (Wildman–Crippen MR) is 91.1 cm³/mol. The molecule has 0 aliphatic heterocycles. The van der Waals surface area contributed by atoms with Gasteiger partial charge in [0.2, 0.25) is 5.91 Å². The molecule has 0 saturated carbocycles. The first kappa shape index (κ1) is 17.7. The number of amides is 1. The van der Waals surface area contributed by atoms with E-state index in [4.69, 9.17) is 10.5 Å². The smallest absolute Gasteiger partial charge is 0.234 e. The Labute approximate surface area is 131 Å². The van der Waals surface area contributed by atoms with Crippen LogP contribution in [0.15, 0.2) is 18.2 Å². The molecule has 0 spiro atoms. The van der Waals surface area contributed by atoms with E-state index in [9.17, 15) is 4.79 Å². The molecule has 1 rings (SSSR count). The second-order valence-corrected chi connectivity index (χ2v) is 5.69. The van der Waals surface area contributed by atoms with Gasteiger partial charge in [-0.1, -0.05) is 13.8 Å². The van der Waals surface area contributed by atoms with Crippen LogP contribution in [0, 0.1) is 0 Å². The Morgan fingerprint density at radius 1 is 1.38 bits per heavy atom. The molecule has 0 aliphatic rings. The van der Waals surface area contributed by atoms with Crippen LogP contribution < -0.4 is 15.8 Å². The summed E-state index contributed by atoms with van der Waals surface area (Å²) in [5.74, 6) is 1.95. The fraction of sp³-hybridized carbons (Fsp3) is 0.533. The first-order valence-electron chi connectivity index (χ1n) is 7.14. The molecule has 118 valence electrons. The van der Waals surface area contributed by atoms with E-state index in [0.717, 1.165) is 25.4 Å². The number of carbonyl (C=O) groups is 1. The fourth-order valence-corrected chi connectivity index (χ4v) is 2.68. The van der Waals surface area contributed by atoms with Crippen LogP contribution in [0.25, 0.3) is 0 Å². The molecular weight excluding hydrogens is 286 g/mol.